The minimum absolute atomic E-state index is 0.161. The molecular weight excluding hydrogens is 294 g/mol. The van der Waals surface area contributed by atoms with Crippen LogP contribution in [0.5, 0.6) is 0 Å². The highest BCUT2D eigenvalue weighted by molar-refractivity contribution is 6.29. The van der Waals surface area contributed by atoms with E-state index in [0.29, 0.717) is 18.9 Å². The Hall–Kier alpha value is -2.02. The molecule has 1 aromatic heterocycles. The number of carbonyl (C=O) groups is 1. The summed E-state index contributed by atoms with van der Waals surface area (Å²) in [5.41, 5.74) is 1.71. The van der Waals surface area contributed by atoms with Crippen molar-refractivity contribution in [3.63, 3.8) is 0 Å². The first kappa shape index (κ1) is 13.9. The van der Waals surface area contributed by atoms with Crippen molar-refractivity contribution in [1.29, 1.82) is 0 Å². The van der Waals surface area contributed by atoms with Crippen molar-refractivity contribution in [3.8, 4) is 0 Å². The normalized spacial score (nSPS) is 15.1. The van der Waals surface area contributed by atoms with Crippen molar-refractivity contribution in [3.05, 3.63) is 53.1 Å². The van der Waals surface area contributed by atoms with Crippen molar-refractivity contribution in [2.45, 2.75) is 6.29 Å². The quantitative estimate of drug-likeness (QED) is 0.942. The molecular formula is C14H12ClN3O3. The minimum Gasteiger partial charge on any atom is -0.346 e. The summed E-state index contributed by atoms with van der Waals surface area (Å²) in [7, 11) is 0. The van der Waals surface area contributed by atoms with E-state index in [0.717, 1.165) is 5.56 Å². The molecule has 0 aliphatic carbocycles. The number of hydrogen-bond acceptors (Lipinski definition) is 5. The Balaban J connectivity index is 1.68. The first-order valence-electron chi connectivity index (χ1n) is 6.34. The summed E-state index contributed by atoms with van der Waals surface area (Å²) < 4.78 is 10.8. The van der Waals surface area contributed by atoms with Crippen LogP contribution in [-0.4, -0.2) is 29.1 Å². The average Bonchev–Trinajstić information content (AvgIpc) is 3.02. The number of nitrogens with one attached hydrogen (secondary N) is 1. The van der Waals surface area contributed by atoms with Crippen LogP contribution in [0.1, 0.15) is 22.3 Å². The standard InChI is InChI=1S/C14H12ClN3O3/c15-12-8-16-7-11(18-12)13(19)17-10-3-1-9(2-4-10)14-20-5-6-21-14/h1-4,7-8,14H,5-6H2,(H,17,19). The van der Waals surface area contributed by atoms with Gasteiger partial charge in [-0.2, -0.15) is 0 Å². The lowest BCUT2D eigenvalue weighted by atomic mass is 10.2. The molecule has 0 bridgehead atoms. The third kappa shape index (κ3) is 3.36. The Labute approximate surface area is 126 Å². The Morgan fingerprint density at radius 2 is 1.90 bits per heavy atom. The first-order valence-corrected chi connectivity index (χ1v) is 6.72. The predicted molar refractivity (Wildman–Crippen MR) is 76.1 cm³/mol. The molecule has 1 aromatic carbocycles. The molecule has 1 amide bonds. The number of carbonyl (C=O) groups excluding carboxylic acids is 1. The number of aromatic nitrogens is 2. The zero-order chi connectivity index (χ0) is 14.7. The Morgan fingerprint density at radius 3 is 2.57 bits per heavy atom. The van der Waals surface area contributed by atoms with Gasteiger partial charge in [-0.25, -0.2) is 4.98 Å². The second-order valence-electron chi connectivity index (χ2n) is 4.38. The average molecular weight is 306 g/mol. The van der Waals surface area contributed by atoms with E-state index in [2.05, 4.69) is 15.3 Å². The van der Waals surface area contributed by atoms with Crippen LogP contribution in [0.3, 0.4) is 0 Å². The van der Waals surface area contributed by atoms with Gasteiger partial charge in [0.1, 0.15) is 10.8 Å². The maximum absolute atomic E-state index is 12.0. The molecule has 0 saturated carbocycles. The molecule has 0 unspecified atom stereocenters. The largest absolute Gasteiger partial charge is 0.346 e. The van der Waals surface area contributed by atoms with E-state index in [1.165, 1.54) is 12.4 Å². The molecule has 1 aliphatic rings. The van der Waals surface area contributed by atoms with Crippen LogP contribution in [0.15, 0.2) is 36.7 Å². The number of amides is 1. The summed E-state index contributed by atoms with van der Waals surface area (Å²) in [6, 6.07) is 7.23. The van der Waals surface area contributed by atoms with Crippen LogP contribution >= 0.6 is 11.6 Å². The molecule has 0 radical (unpaired) electrons. The Bertz CT molecular complexity index is 642. The topological polar surface area (TPSA) is 73.3 Å². The molecule has 1 fully saturated rings. The van der Waals surface area contributed by atoms with E-state index in [4.69, 9.17) is 21.1 Å². The highest BCUT2D eigenvalue weighted by atomic mass is 35.5. The van der Waals surface area contributed by atoms with Gasteiger partial charge in [-0.05, 0) is 12.1 Å². The zero-order valence-corrected chi connectivity index (χ0v) is 11.7. The second kappa shape index (κ2) is 6.17. The van der Waals surface area contributed by atoms with Gasteiger partial charge in [0, 0.05) is 11.3 Å². The number of benzene rings is 1. The van der Waals surface area contributed by atoms with Gasteiger partial charge >= 0.3 is 0 Å². The summed E-state index contributed by atoms with van der Waals surface area (Å²) in [6.45, 7) is 1.19. The summed E-state index contributed by atoms with van der Waals surface area (Å²) in [5.74, 6) is -0.369. The molecule has 108 valence electrons. The summed E-state index contributed by atoms with van der Waals surface area (Å²) in [6.07, 6.45) is 2.40. The number of halogens is 1. The van der Waals surface area contributed by atoms with Gasteiger partial charge in [-0.15, -0.1) is 0 Å². The van der Waals surface area contributed by atoms with Crippen molar-refractivity contribution in [1.82, 2.24) is 9.97 Å². The minimum atomic E-state index is -0.369. The number of ether oxygens (including phenoxy) is 2. The van der Waals surface area contributed by atoms with Crippen LogP contribution < -0.4 is 5.32 Å². The molecule has 1 aliphatic heterocycles. The molecule has 6 nitrogen and oxygen atoms in total. The van der Waals surface area contributed by atoms with E-state index >= 15 is 0 Å². The predicted octanol–water partition coefficient (Wildman–Crippen LogP) is 2.43. The lowest BCUT2D eigenvalue weighted by Gasteiger charge is -2.10. The smallest absolute Gasteiger partial charge is 0.275 e. The zero-order valence-electron chi connectivity index (χ0n) is 11.0. The third-order valence-electron chi connectivity index (χ3n) is 2.90. The van der Waals surface area contributed by atoms with Gasteiger partial charge in [0.2, 0.25) is 0 Å². The molecule has 0 atom stereocenters. The second-order valence-corrected chi connectivity index (χ2v) is 4.76. The SMILES string of the molecule is O=C(Nc1ccc(C2OCCO2)cc1)c1cncc(Cl)n1. The molecule has 21 heavy (non-hydrogen) atoms. The molecule has 3 rings (SSSR count). The number of anilines is 1. The number of hydrogen-bond donors (Lipinski definition) is 1. The van der Waals surface area contributed by atoms with E-state index in [1.807, 2.05) is 12.1 Å². The lowest BCUT2D eigenvalue weighted by molar-refractivity contribution is -0.0441. The van der Waals surface area contributed by atoms with Crippen LogP contribution in [0.4, 0.5) is 5.69 Å². The van der Waals surface area contributed by atoms with Crippen molar-refractivity contribution < 1.29 is 14.3 Å². The summed E-state index contributed by atoms with van der Waals surface area (Å²) in [4.78, 5) is 19.7. The fraction of sp³-hybridized carbons (Fsp3) is 0.214. The highest BCUT2D eigenvalue weighted by Crippen LogP contribution is 2.24. The Morgan fingerprint density at radius 1 is 1.19 bits per heavy atom. The van der Waals surface area contributed by atoms with E-state index in [1.54, 1.807) is 12.1 Å². The van der Waals surface area contributed by atoms with Crippen LogP contribution in [0.2, 0.25) is 5.15 Å². The molecule has 0 spiro atoms. The van der Waals surface area contributed by atoms with E-state index in [9.17, 15) is 4.79 Å². The number of nitrogens with zero attached hydrogens (tertiary/aromatic N) is 2. The van der Waals surface area contributed by atoms with Gasteiger partial charge in [0.05, 0.1) is 25.6 Å². The molecule has 7 heteroatoms. The maximum atomic E-state index is 12.0. The van der Waals surface area contributed by atoms with Gasteiger partial charge in [-0.1, -0.05) is 23.7 Å². The van der Waals surface area contributed by atoms with Gasteiger partial charge in [-0.3, -0.25) is 9.78 Å². The fourth-order valence-electron chi connectivity index (χ4n) is 1.92. The molecule has 1 N–H and O–H groups in total. The van der Waals surface area contributed by atoms with Crippen molar-refractivity contribution >= 4 is 23.2 Å². The van der Waals surface area contributed by atoms with Crippen LogP contribution in [0, 0.1) is 0 Å². The highest BCUT2D eigenvalue weighted by Gasteiger charge is 2.18. The Kier molecular flexibility index (Phi) is 4.10. The molecule has 1 saturated heterocycles. The first-order chi connectivity index (χ1) is 10.2. The van der Waals surface area contributed by atoms with Crippen LogP contribution in [0.25, 0.3) is 0 Å². The summed E-state index contributed by atoms with van der Waals surface area (Å²) >= 11 is 5.70. The monoisotopic (exact) mass is 305 g/mol. The molecule has 2 aromatic rings. The number of rotatable bonds is 3. The van der Waals surface area contributed by atoms with Crippen molar-refractivity contribution in [2.75, 3.05) is 18.5 Å². The van der Waals surface area contributed by atoms with Gasteiger partial charge in [0.25, 0.3) is 5.91 Å². The third-order valence-corrected chi connectivity index (χ3v) is 3.08. The van der Waals surface area contributed by atoms with Crippen LogP contribution in [-0.2, 0) is 9.47 Å². The van der Waals surface area contributed by atoms with Gasteiger partial charge < -0.3 is 14.8 Å². The maximum Gasteiger partial charge on any atom is 0.275 e. The van der Waals surface area contributed by atoms with E-state index < -0.39 is 0 Å². The van der Waals surface area contributed by atoms with Gasteiger partial charge in [0.15, 0.2) is 6.29 Å². The molecule has 2 heterocycles. The summed E-state index contributed by atoms with van der Waals surface area (Å²) in [5, 5.41) is 2.90. The van der Waals surface area contributed by atoms with Crippen molar-refractivity contribution in [2.24, 2.45) is 0 Å². The fourth-order valence-corrected chi connectivity index (χ4v) is 2.07. The van der Waals surface area contributed by atoms with E-state index in [-0.39, 0.29) is 23.0 Å². The lowest BCUT2D eigenvalue weighted by Crippen LogP contribution is -2.14.